The van der Waals surface area contributed by atoms with E-state index >= 15 is 0 Å². The fourth-order valence-corrected chi connectivity index (χ4v) is 8.64. The highest BCUT2D eigenvalue weighted by Gasteiger charge is 2.29. The number of unbranched alkanes of at least 4 members (excludes halogenated alkanes) is 18. The minimum absolute atomic E-state index is 0.00107. The number of likely N-dealkylation sites (N-methyl/N-ethyl adjacent to an activating group) is 1. The Morgan fingerprint density at radius 2 is 0.895 bits per heavy atom. The molecule has 26 heteroatoms. The van der Waals surface area contributed by atoms with Crippen molar-refractivity contribution in [3.05, 3.63) is 76.9 Å². The number of hydrogen-bond donors (Lipinski definition) is 1. The first-order valence-electron chi connectivity index (χ1n) is 26.1. The normalized spacial score (nSPS) is 12.6. The van der Waals surface area contributed by atoms with Crippen molar-refractivity contribution in [3.8, 4) is 0 Å². The minimum atomic E-state index is -4.50. The summed E-state index contributed by atoms with van der Waals surface area (Å²) >= 11 is 0. The van der Waals surface area contributed by atoms with Gasteiger partial charge in [0.15, 0.2) is 6.10 Å². The lowest BCUT2D eigenvalue weighted by Gasteiger charge is -2.24. The van der Waals surface area contributed by atoms with Gasteiger partial charge in [-0.3, -0.25) is 68.7 Å². The number of phosphoric ester groups is 1. The molecule has 0 saturated heterocycles. The van der Waals surface area contributed by atoms with Gasteiger partial charge in [-0.1, -0.05) is 103 Å². The van der Waals surface area contributed by atoms with E-state index in [2.05, 4.69) is 0 Å². The highest BCUT2D eigenvalue weighted by atomic mass is 31.2. The molecule has 2 aromatic carbocycles. The summed E-state index contributed by atoms with van der Waals surface area (Å²) in [6.45, 7) is -0.513. The van der Waals surface area contributed by atoms with Crippen LogP contribution in [-0.4, -0.2) is 121 Å². The number of nitro groups is 4. The Morgan fingerprint density at radius 3 is 1.25 bits per heavy atom. The van der Waals surface area contributed by atoms with Gasteiger partial charge in [0.1, 0.15) is 31.1 Å². The molecule has 2 rings (SSSR count). The number of ether oxygens (including phenoxy) is 2. The van der Waals surface area contributed by atoms with Crippen molar-refractivity contribution >= 4 is 65.7 Å². The number of amides is 2. The van der Waals surface area contributed by atoms with Gasteiger partial charge in [0.2, 0.25) is 11.8 Å². The van der Waals surface area contributed by atoms with Crippen LogP contribution in [0.5, 0.6) is 0 Å². The van der Waals surface area contributed by atoms with Crippen molar-refractivity contribution < 1.29 is 71.3 Å². The Kier molecular flexibility index (Phi) is 30.7. The number of quaternary nitrogens is 1. The molecule has 76 heavy (non-hydrogen) atoms. The van der Waals surface area contributed by atoms with Crippen LogP contribution >= 0.6 is 7.82 Å². The molecular weight excluding hydrogens is 1020 g/mol. The first-order chi connectivity index (χ1) is 35.9. The number of anilines is 2. The van der Waals surface area contributed by atoms with Gasteiger partial charge in [0.25, 0.3) is 22.7 Å². The second-order valence-corrected chi connectivity index (χ2v) is 21.2. The zero-order valence-electron chi connectivity index (χ0n) is 44.8. The third-order valence-corrected chi connectivity index (χ3v) is 13.4. The van der Waals surface area contributed by atoms with Crippen LogP contribution in [0.2, 0.25) is 0 Å². The van der Waals surface area contributed by atoms with E-state index in [-0.39, 0.29) is 62.1 Å². The minimum Gasteiger partial charge on any atom is -0.462 e. The molecule has 0 radical (unpaired) electrons. The molecule has 1 unspecified atom stereocenters. The zero-order chi connectivity index (χ0) is 56.7. The Morgan fingerprint density at radius 1 is 0.539 bits per heavy atom. The summed E-state index contributed by atoms with van der Waals surface area (Å²) in [6, 6.07) is 6.36. The van der Waals surface area contributed by atoms with Gasteiger partial charge in [-0.05, 0) is 37.8 Å². The van der Waals surface area contributed by atoms with Crippen molar-refractivity contribution in [1.82, 2.24) is 0 Å². The number of esters is 2. The van der Waals surface area contributed by atoms with Gasteiger partial charge in [-0.15, -0.1) is 0 Å². The number of phosphoric acid groups is 1. The van der Waals surface area contributed by atoms with Gasteiger partial charge in [-0.2, -0.15) is 0 Å². The molecule has 0 spiro atoms. The Bertz CT molecular complexity index is 2260. The van der Waals surface area contributed by atoms with Crippen molar-refractivity contribution in [2.45, 2.75) is 160 Å². The van der Waals surface area contributed by atoms with Crippen molar-refractivity contribution in [2.24, 2.45) is 0 Å². The Labute approximate surface area is 444 Å². The molecule has 0 aliphatic rings. The first kappa shape index (κ1) is 66.1. The van der Waals surface area contributed by atoms with E-state index in [4.69, 9.17) is 18.5 Å². The van der Waals surface area contributed by atoms with Crippen LogP contribution in [0.25, 0.3) is 0 Å². The number of carbonyl (C=O) groups excluding carboxylic acids is 4. The van der Waals surface area contributed by atoms with Crippen molar-refractivity contribution in [3.63, 3.8) is 0 Å². The molecule has 0 bridgehead atoms. The van der Waals surface area contributed by atoms with E-state index in [0.29, 0.717) is 36.7 Å². The molecule has 0 saturated carbocycles. The van der Waals surface area contributed by atoms with Gasteiger partial charge >= 0.3 is 19.8 Å². The van der Waals surface area contributed by atoms with Gasteiger partial charge in [-0.25, -0.2) is 4.57 Å². The Hall–Kier alpha value is -6.01. The van der Waals surface area contributed by atoms with Gasteiger partial charge in [0.05, 0.1) is 59.6 Å². The number of benzene rings is 2. The number of non-ortho nitro benzene ring substituents is 2. The predicted molar refractivity (Wildman–Crippen MR) is 283 cm³/mol. The summed E-state index contributed by atoms with van der Waals surface area (Å²) in [5.74, 6) is -1.70. The number of carbonyl (C=O) groups is 4. The number of nitrogens with zero attached hydrogens (tertiary/aromatic N) is 7. The van der Waals surface area contributed by atoms with Crippen LogP contribution in [0.15, 0.2) is 36.4 Å². The van der Waals surface area contributed by atoms with E-state index in [1.807, 2.05) is 21.1 Å². The molecule has 2 aromatic rings. The standard InChI is InChI=1S/C50H78N7O18P/c1-51(43-32-30-40(53(62)63)36-45(43)55(66)67)47(58)26-22-18-14-10-6-8-12-16-20-24-28-49(60)72-38-42(39-74-76(70,71)73-35-34-57(3,4)5)75-50(61)29-25-21-17-13-9-7-11-15-19-23-27-48(59)52(2)44-33-31-41(54(64)65)37-46(44)56(68)69/h30-33,36-37,42H,6-29,34-35,38-39H2,1-5H3/p+1/t42-/m1/s1. The molecule has 0 aromatic heterocycles. The van der Waals surface area contributed by atoms with E-state index < -0.39 is 74.9 Å². The van der Waals surface area contributed by atoms with E-state index in [1.54, 1.807) is 0 Å². The van der Waals surface area contributed by atoms with Crippen molar-refractivity contribution in [1.29, 1.82) is 0 Å². The second kappa shape index (κ2) is 35.3. The smallest absolute Gasteiger partial charge is 0.462 e. The topological polar surface area (TPSA) is 322 Å². The number of hydrogen-bond acceptors (Lipinski definition) is 17. The highest BCUT2D eigenvalue weighted by molar-refractivity contribution is 7.47. The lowest BCUT2D eigenvalue weighted by atomic mass is 10.0. The van der Waals surface area contributed by atoms with Crippen molar-refractivity contribution in [2.75, 3.05) is 71.4 Å². The fourth-order valence-electron chi connectivity index (χ4n) is 7.90. The number of rotatable bonds is 42. The lowest BCUT2D eigenvalue weighted by molar-refractivity contribution is -0.870. The predicted octanol–water partition coefficient (Wildman–Crippen LogP) is 10.6. The molecule has 25 nitrogen and oxygen atoms in total. The van der Waals surface area contributed by atoms with E-state index in [1.165, 1.54) is 26.2 Å². The summed E-state index contributed by atoms with van der Waals surface area (Å²) in [5.41, 5.74) is -1.88. The largest absolute Gasteiger partial charge is 0.472 e. The average molecular weight is 1100 g/mol. The van der Waals surface area contributed by atoms with Crippen LogP contribution in [-0.2, 0) is 42.3 Å². The summed E-state index contributed by atoms with van der Waals surface area (Å²) in [7, 11) is 4.00. The van der Waals surface area contributed by atoms with E-state index in [0.717, 1.165) is 137 Å². The molecule has 0 heterocycles. The maximum atomic E-state index is 12.8. The third kappa shape index (κ3) is 27.7. The van der Waals surface area contributed by atoms with Crippen LogP contribution in [0.4, 0.5) is 34.1 Å². The summed E-state index contributed by atoms with van der Waals surface area (Å²) in [5, 5.41) is 45.0. The fraction of sp³-hybridized carbons (Fsp3) is 0.680. The highest BCUT2D eigenvalue weighted by Crippen LogP contribution is 2.43. The molecular formula is C50H79N7O18P+. The average Bonchev–Trinajstić information content (AvgIpc) is 3.36. The van der Waals surface area contributed by atoms with Gasteiger partial charge < -0.3 is 28.6 Å². The second-order valence-electron chi connectivity index (χ2n) is 19.8. The third-order valence-electron chi connectivity index (χ3n) is 12.4. The SMILES string of the molecule is CN(C(=O)CCCCCCCCCCCCC(=O)OC[C@H](COP(=O)(O)OCC[N+](C)(C)C)OC(=O)CCCCCCCCCCCCC(=O)N(C)c1ccc([N+](=O)[O-])cc1[N+](=O)[O-])c1ccc([N+](=O)[O-])cc1[N+](=O)[O-]. The van der Waals surface area contributed by atoms with Gasteiger partial charge in [0, 0.05) is 51.9 Å². The van der Waals surface area contributed by atoms with Crippen LogP contribution in [0.1, 0.15) is 154 Å². The van der Waals surface area contributed by atoms with Crippen LogP contribution < -0.4 is 9.80 Å². The summed E-state index contributed by atoms with van der Waals surface area (Å²) in [6.07, 6.45) is 16.5. The number of nitro benzene ring substituents is 4. The maximum Gasteiger partial charge on any atom is 0.472 e. The van der Waals surface area contributed by atoms with Crippen LogP contribution in [0, 0.1) is 40.5 Å². The monoisotopic (exact) mass is 1100 g/mol. The Balaban J connectivity index is 1.63. The molecule has 426 valence electrons. The van der Waals surface area contributed by atoms with E-state index in [9.17, 15) is 69.1 Å². The molecule has 0 aliphatic carbocycles. The summed E-state index contributed by atoms with van der Waals surface area (Å²) < 4.78 is 34.2. The summed E-state index contributed by atoms with van der Waals surface area (Å²) in [4.78, 5) is 105. The molecule has 0 fully saturated rings. The molecule has 1 N–H and O–H groups in total. The lowest BCUT2D eigenvalue weighted by Crippen LogP contribution is -2.37. The first-order valence-corrected chi connectivity index (χ1v) is 27.6. The molecule has 0 aliphatic heterocycles. The maximum absolute atomic E-state index is 12.8. The molecule has 2 atom stereocenters. The molecule has 2 amide bonds. The quantitative estimate of drug-likeness (QED) is 0.0161. The van der Waals surface area contributed by atoms with Crippen LogP contribution in [0.3, 0.4) is 0 Å². The zero-order valence-corrected chi connectivity index (χ0v) is 45.7.